The molecule has 1 atom stereocenters. The summed E-state index contributed by atoms with van der Waals surface area (Å²) in [6, 6.07) is 17.8. The van der Waals surface area contributed by atoms with E-state index in [0.29, 0.717) is 18.4 Å². The van der Waals surface area contributed by atoms with Gasteiger partial charge in [-0.3, -0.25) is 9.59 Å². The number of nitrogens with zero attached hydrogens (tertiary/aromatic N) is 1. The normalized spacial score (nSPS) is 14.8. The molecule has 1 fully saturated rings. The lowest BCUT2D eigenvalue weighted by Gasteiger charge is -2.24. The van der Waals surface area contributed by atoms with Crippen molar-refractivity contribution in [1.82, 2.24) is 10.2 Å². The Kier molecular flexibility index (Phi) is 9.76. The Morgan fingerprint density at radius 2 is 1.62 bits per heavy atom. The third-order valence-electron chi connectivity index (χ3n) is 6.09. The van der Waals surface area contributed by atoms with Crippen LogP contribution in [0.15, 0.2) is 54.6 Å². The lowest BCUT2D eigenvalue weighted by Crippen LogP contribution is -2.44. The molecule has 32 heavy (non-hydrogen) atoms. The Morgan fingerprint density at radius 1 is 0.938 bits per heavy atom. The van der Waals surface area contributed by atoms with Crippen molar-refractivity contribution in [1.29, 1.82) is 0 Å². The third-order valence-corrected chi connectivity index (χ3v) is 6.09. The lowest BCUT2D eigenvalue weighted by molar-refractivity contribution is -0.122. The number of likely N-dealkylation sites (tertiary alicyclic amines) is 1. The van der Waals surface area contributed by atoms with E-state index >= 15 is 0 Å². The molecule has 1 amide bonds. The Hall–Kier alpha value is -2.66. The molecule has 2 aromatic carbocycles. The molecule has 0 radical (unpaired) electrons. The summed E-state index contributed by atoms with van der Waals surface area (Å²) in [4.78, 5) is 27.3. The number of Topliss-reactive ketones (excluding diaryl/α,β-unsaturated/α-hetero) is 1. The molecule has 0 aromatic heterocycles. The highest BCUT2D eigenvalue weighted by Crippen LogP contribution is 2.15. The SMILES string of the molecule is COc1ccc(C(=O)CCCCCC(=O)NC(Cc2ccccc2)CN2CCCC2)cc1. The summed E-state index contributed by atoms with van der Waals surface area (Å²) in [6.45, 7) is 3.17. The number of hydrogen-bond donors (Lipinski definition) is 1. The minimum absolute atomic E-state index is 0.117. The second-order valence-electron chi connectivity index (χ2n) is 8.67. The van der Waals surface area contributed by atoms with E-state index in [2.05, 4.69) is 34.5 Å². The molecule has 5 heteroatoms. The van der Waals surface area contributed by atoms with E-state index in [1.807, 2.05) is 30.3 Å². The van der Waals surface area contributed by atoms with Crippen molar-refractivity contribution < 1.29 is 14.3 Å². The summed E-state index contributed by atoms with van der Waals surface area (Å²) >= 11 is 0. The Bertz CT molecular complexity index is 830. The number of ketones is 1. The second kappa shape index (κ2) is 13.0. The first-order chi connectivity index (χ1) is 15.6. The van der Waals surface area contributed by atoms with Gasteiger partial charge >= 0.3 is 0 Å². The summed E-state index contributed by atoms with van der Waals surface area (Å²) < 4.78 is 5.13. The van der Waals surface area contributed by atoms with E-state index in [1.165, 1.54) is 18.4 Å². The van der Waals surface area contributed by atoms with E-state index in [1.54, 1.807) is 7.11 Å². The highest BCUT2D eigenvalue weighted by atomic mass is 16.5. The third kappa shape index (κ3) is 8.12. The summed E-state index contributed by atoms with van der Waals surface area (Å²) in [5.41, 5.74) is 1.98. The van der Waals surface area contributed by atoms with Crippen LogP contribution >= 0.6 is 0 Å². The molecule has 0 bridgehead atoms. The number of amides is 1. The van der Waals surface area contributed by atoms with Crippen LogP contribution in [0, 0.1) is 0 Å². The van der Waals surface area contributed by atoms with Gasteiger partial charge in [0.25, 0.3) is 0 Å². The zero-order chi connectivity index (χ0) is 22.6. The average Bonchev–Trinajstić information content (AvgIpc) is 3.32. The van der Waals surface area contributed by atoms with Gasteiger partial charge < -0.3 is 15.0 Å². The summed E-state index contributed by atoms with van der Waals surface area (Å²) in [6.07, 6.45) is 6.89. The molecule has 2 aromatic rings. The predicted molar refractivity (Wildman–Crippen MR) is 128 cm³/mol. The van der Waals surface area contributed by atoms with Crippen LogP contribution < -0.4 is 10.1 Å². The van der Waals surface area contributed by atoms with Crippen LogP contribution in [0.3, 0.4) is 0 Å². The highest BCUT2D eigenvalue weighted by Gasteiger charge is 2.19. The van der Waals surface area contributed by atoms with Crippen LogP contribution in [0.1, 0.15) is 60.9 Å². The van der Waals surface area contributed by atoms with Gasteiger partial charge in [0.1, 0.15) is 5.75 Å². The maximum atomic E-state index is 12.6. The Labute approximate surface area is 192 Å². The smallest absolute Gasteiger partial charge is 0.220 e. The van der Waals surface area contributed by atoms with Crippen molar-refractivity contribution in [2.75, 3.05) is 26.7 Å². The number of unbranched alkanes of at least 4 members (excludes halogenated alkanes) is 2. The van der Waals surface area contributed by atoms with E-state index in [-0.39, 0.29) is 17.7 Å². The molecule has 1 unspecified atom stereocenters. The lowest BCUT2D eigenvalue weighted by atomic mass is 10.0. The molecule has 1 aliphatic rings. The molecule has 5 nitrogen and oxygen atoms in total. The molecule has 1 aliphatic heterocycles. The maximum Gasteiger partial charge on any atom is 0.220 e. The van der Waals surface area contributed by atoms with Crippen molar-refractivity contribution >= 4 is 11.7 Å². The van der Waals surface area contributed by atoms with Gasteiger partial charge in [-0.1, -0.05) is 36.8 Å². The largest absolute Gasteiger partial charge is 0.497 e. The molecule has 0 aliphatic carbocycles. The van der Waals surface area contributed by atoms with Gasteiger partial charge in [-0.25, -0.2) is 0 Å². The molecule has 1 N–H and O–H groups in total. The number of carbonyl (C=O) groups is 2. The minimum atomic E-state index is 0.117. The maximum absolute atomic E-state index is 12.6. The van der Waals surface area contributed by atoms with Gasteiger partial charge in [-0.2, -0.15) is 0 Å². The first kappa shape index (κ1) is 24.0. The Balaban J connectivity index is 1.37. The fourth-order valence-corrected chi connectivity index (χ4v) is 4.31. The van der Waals surface area contributed by atoms with Gasteiger partial charge in [0.2, 0.25) is 5.91 Å². The standard InChI is InChI=1S/C27H36N2O3/c1-32-25-16-14-23(15-17-25)26(30)12-6-3-7-13-27(31)28-24(21-29-18-8-9-19-29)20-22-10-4-2-5-11-22/h2,4-5,10-11,14-17,24H,3,6-9,12-13,18-21H2,1H3,(H,28,31). The topological polar surface area (TPSA) is 58.6 Å². The van der Waals surface area contributed by atoms with Gasteiger partial charge in [-0.05, 0) is 75.0 Å². The quantitative estimate of drug-likeness (QED) is 0.367. The first-order valence-corrected chi connectivity index (χ1v) is 11.9. The molecule has 1 heterocycles. The van der Waals surface area contributed by atoms with Crippen LogP contribution in [-0.4, -0.2) is 49.4 Å². The van der Waals surface area contributed by atoms with Gasteiger partial charge in [0.05, 0.1) is 7.11 Å². The molecule has 0 saturated carbocycles. The number of methoxy groups -OCH3 is 1. The fraction of sp³-hybridized carbons (Fsp3) is 0.481. The molecule has 0 spiro atoms. The van der Waals surface area contributed by atoms with Crippen molar-refractivity contribution in [3.8, 4) is 5.75 Å². The summed E-state index contributed by atoms with van der Waals surface area (Å²) in [7, 11) is 1.61. The number of nitrogens with one attached hydrogen (secondary N) is 1. The Morgan fingerprint density at radius 3 is 2.31 bits per heavy atom. The van der Waals surface area contributed by atoms with Crippen molar-refractivity contribution in [2.24, 2.45) is 0 Å². The number of carbonyl (C=O) groups excluding carboxylic acids is 2. The summed E-state index contributed by atoms with van der Waals surface area (Å²) in [5.74, 6) is 1.01. The molecular weight excluding hydrogens is 400 g/mol. The second-order valence-corrected chi connectivity index (χ2v) is 8.67. The van der Waals surface area contributed by atoms with Crippen molar-refractivity contribution in [3.05, 3.63) is 65.7 Å². The van der Waals surface area contributed by atoms with E-state index in [4.69, 9.17) is 4.74 Å². The van der Waals surface area contributed by atoms with Gasteiger partial charge in [0, 0.05) is 31.0 Å². The van der Waals surface area contributed by atoms with Crippen LogP contribution in [0.2, 0.25) is 0 Å². The number of hydrogen-bond acceptors (Lipinski definition) is 4. The number of rotatable bonds is 13. The number of benzene rings is 2. The van der Waals surface area contributed by atoms with Crippen LogP contribution in [0.25, 0.3) is 0 Å². The van der Waals surface area contributed by atoms with Crippen LogP contribution in [0.5, 0.6) is 5.75 Å². The van der Waals surface area contributed by atoms with Crippen LogP contribution in [0.4, 0.5) is 0 Å². The van der Waals surface area contributed by atoms with Gasteiger partial charge in [0.15, 0.2) is 5.78 Å². The zero-order valence-corrected chi connectivity index (χ0v) is 19.2. The van der Waals surface area contributed by atoms with E-state index in [9.17, 15) is 9.59 Å². The van der Waals surface area contributed by atoms with Crippen molar-refractivity contribution in [3.63, 3.8) is 0 Å². The fourth-order valence-electron chi connectivity index (χ4n) is 4.31. The van der Waals surface area contributed by atoms with Gasteiger partial charge in [-0.15, -0.1) is 0 Å². The monoisotopic (exact) mass is 436 g/mol. The minimum Gasteiger partial charge on any atom is -0.497 e. The first-order valence-electron chi connectivity index (χ1n) is 11.9. The molecule has 3 rings (SSSR count). The highest BCUT2D eigenvalue weighted by molar-refractivity contribution is 5.96. The molecular formula is C27H36N2O3. The summed E-state index contributed by atoms with van der Waals surface area (Å²) in [5, 5.41) is 3.27. The number of ether oxygens (including phenoxy) is 1. The molecule has 1 saturated heterocycles. The average molecular weight is 437 g/mol. The van der Waals surface area contributed by atoms with Crippen molar-refractivity contribution in [2.45, 2.75) is 57.4 Å². The van der Waals surface area contributed by atoms with E-state index in [0.717, 1.165) is 51.1 Å². The zero-order valence-electron chi connectivity index (χ0n) is 19.2. The van der Waals surface area contributed by atoms with E-state index < -0.39 is 0 Å². The molecule has 172 valence electrons. The van der Waals surface area contributed by atoms with Crippen LogP contribution in [-0.2, 0) is 11.2 Å². The predicted octanol–water partition coefficient (Wildman–Crippen LogP) is 4.65.